The second-order valence-electron chi connectivity index (χ2n) is 3.39. The summed E-state index contributed by atoms with van der Waals surface area (Å²) in [6, 6.07) is 7.77. The van der Waals surface area contributed by atoms with Gasteiger partial charge in [-0.05, 0) is 24.6 Å². The zero-order chi connectivity index (χ0) is 10.9. The average molecular weight is 228 g/mol. The number of hydrogen-bond donors (Lipinski definition) is 1. The van der Waals surface area contributed by atoms with Gasteiger partial charge in [-0.2, -0.15) is 0 Å². The van der Waals surface area contributed by atoms with Crippen LogP contribution >= 0.6 is 11.6 Å². The molecule has 0 aliphatic heterocycles. The zero-order valence-electron chi connectivity index (χ0n) is 9.13. The first kappa shape index (κ1) is 12.5. The smallest absolute Gasteiger partial charge is 0.0731 e. The van der Waals surface area contributed by atoms with Gasteiger partial charge in [-0.1, -0.05) is 36.7 Å². The maximum absolute atomic E-state index is 5.99. The molecule has 84 valence electrons. The van der Waals surface area contributed by atoms with Gasteiger partial charge >= 0.3 is 0 Å². The van der Waals surface area contributed by atoms with Gasteiger partial charge in [0.2, 0.25) is 0 Å². The van der Waals surface area contributed by atoms with Crippen molar-refractivity contribution < 1.29 is 4.74 Å². The molecule has 0 atom stereocenters. The van der Waals surface area contributed by atoms with Gasteiger partial charge in [-0.25, -0.2) is 0 Å². The molecule has 2 nitrogen and oxygen atoms in total. The third-order valence-electron chi connectivity index (χ3n) is 2.07. The molecule has 15 heavy (non-hydrogen) atoms. The maximum Gasteiger partial charge on any atom is 0.0731 e. The lowest BCUT2D eigenvalue weighted by molar-refractivity contribution is 0.123. The molecule has 0 saturated heterocycles. The number of nitrogens with one attached hydrogen (secondary N) is 1. The number of ether oxygens (including phenoxy) is 1. The number of hydrogen-bond acceptors (Lipinski definition) is 2. The molecule has 0 amide bonds. The summed E-state index contributed by atoms with van der Waals surface area (Å²) in [6.07, 6.45) is 1.16. The van der Waals surface area contributed by atoms with E-state index in [-0.39, 0.29) is 0 Å². The Labute approximate surface area is 96.6 Å². The van der Waals surface area contributed by atoms with Gasteiger partial charge < -0.3 is 10.1 Å². The minimum absolute atomic E-state index is 0.591. The van der Waals surface area contributed by atoms with Crippen molar-refractivity contribution in [2.75, 3.05) is 19.7 Å². The fourth-order valence-electron chi connectivity index (χ4n) is 1.24. The van der Waals surface area contributed by atoms with Crippen LogP contribution in [0.4, 0.5) is 0 Å². The molecule has 0 aliphatic rings. The van der Waals surface area contributed by atoms with Crippen LogP contribution in [-0.4, -0.2) is 19.7 Å². The summed E-state index contributed by atoms with van der Waals surface area (Å²) in [5.74, 6) is 0. The highest BCUT2D eigenvalue weighted by Gasteiger charge is 1.97. The number of rotatable bonds is 7. The van der Waals surface area contributed by atoms with Crippen molar-refractivity contribution in [2.24, 2.45) is 0 Å². The largest absolute Gasteiger partial charge is 0.375 e. The molecule has 1 aromatic rings. The highest BCUT2D eigenvalue weighted by atomic mass is 35.5. The Morgan fingerprint density at radius 2 is 2.07 bits per heavy atom. The number of halogens is 1. The Bertz CT molecular complexity index is 278. The minimum atomic E-state index is 0.591. The van der Waals surface area contributed by atoms with Crippen LogP contribution in [0.5, 0.6) is 0 Å². The fraction of sp³-hybridized carbons (Fsp3) is 0.500. The van der Waals surface area contributed by atoms with Crippen LogP contribution in [0.1, 0.15) is 18.9 Å². The molecule has 0 aromatic heterocycles. The van der Waals surface area contributed by atoms with E-state index in [1.807, 2.05) is 24.3 Å². The van der Waals surface area contributed by atoms with Crippen molar-refractivity contribution >= 4 is 11.6 Å². The van der Waals surface area contributed by atoms with Crippen LogP contribution in [0, 0.1) is 0 Å². The molecular weight excluding hydrogens is 210 g/mol. The van der Waals surface area contributed by atoms with Gasteiger partial charge in [0.15, 0.2) is 0 Å². The zero-order valence-corrected chi connectivity index (χ0v) is 9.89. The van der Waals surface area contributed by atoms with Gasteiger partial charge in [0.25, 0.3) is 0 Å². The number of benzene rings is 1. The molecule has 0 unspecified atom stereocenters. The molecule has 0 radical (unpaired) electrons. The van der Waals surface area contributed by atoms with E-state index in [1.54, 1.807) is 0 Å². The lowest BCUT2D eigenvalue weighted by atomic mass is 10.2. The second-order valence-corrected chi connectivity index (χ2v) is 3.80. The Morgan fingerprint density at radius 3 is 2.80 bits per heavy atom. The van der Waals surface area contributed by atoms with Crippen LogP contribution < -0.4 is 5.32 Å². The molecule has 1 N–H and O–H groups in total. The van der Waals surface area contributed by atoms with Gasteiger partial charge in [-0.15, -0.1) is 0 Å². The summed E-state index contributed by atoms with van der Waals surface area (Å²) in [5, 5.41) is 4.05. The molecule has 0 heterocycles. The summed E-state index contributed by atoms with van der Waals surface area (Å²) < 4.78 is 5.50. The predicted octanol–water partition coefficient (Wildman–Crippen LogP) is 2.86. The molecule has 0 spiro atoms. The molecule has 3 heteroatoms. The highest BCUT2D eigenvalue weighted by molar-refractivity contribution is 6.31. The maximum atomic E-state index is 5.99. The van der Waals surface area contributed by atoms with E-state index >= 15 is 0 Å². The normalized spacial score (nSPS) is 10.5. The molecule has 0 bridgehead atoms. The summed E-state index contributed by atoms with van der Waals surface area (Å²) in [7, 11) is 0. The van der Waals surface area contributed by atoms with Crippen LogP contribution in [0.15, 0.2) is 24.3 Å². The van der Waals surface area contributed by atoms with E-state index < -0.39 is 0 Å². The monoisotopic (exact) mass is 227 g/mol. The van der Waals surface area contributed by atoms with Crippen molar-refractivity contribution in [1.82, 2.24) is 5.32 Å². The van der Waals surface area contributed by atoms with E-state index in [2.05, 4.69) is 12.2 Å². The van der Waals surface area contributed by atoms with Gasteiger partial charge in [-0.3, -0.25) is 0 Å². The minimum Gasteiger partial charge on any atom is -0.375 e. The first-order chi connectivity index (χ1) is 7.34. The average Bonchev–Trinajstić information content (AvgIpc) is 2.25. The molecule has 0 aliphatic carbocycles. The molecular formula is C12H18ClNO. The lowest BCUT2D eigenvalue weighted by Gasteiger charge is -2.06. The lowest BCUT2D eigenvalue weighted by Crippen LogP contribution is -2.20. The van der Waals surface area contributed by atoms with Crippen molar-refractivity contribution in [3.05, 3.63) is 34.9 Å². The summed E-state index contributed by atoms with van der Waals surface area (Å²) in [6.45, 7) is 5.42. The second kappa shape index (κ2) is 7.69. The Hall–Kier alpha value is -0.570. The quantitative estimate of drug-likeness (QED) is 0.724. The van der Waals surface area contributed by atoms with Crippen molar-refractivity contribution in [3.63, 3.8) is 0 Å². The Balaban J connectivity index is 2.12. The van der Waals surface area contributed by atoms with E-state index in [9.17, 15) is 0 Å². The van der Waals surface area contributed by atoms with E-state index in [0.29, 0.717) is 6.61 Å². The highest BCUT2D eigenvalue weighted by Crippen LogP contribution is 2.15. The molecule has 0 fully saturated rings. The standard InChI is InChI=1S/C12H18ClNO/c1-2-7-14-8-9-15-10-11-5-3-4-6-12(11)13/h3-6,14H,2,7-10H2,1H3. The first-order valence-corrected chi connectivity index (χ1v) is 5.74. The first-order valence-electron chi connectivity index (χ1n) is 5.36. The van der Waals surface area contributed by atoms with E-state index in [0.717, 1.165) is 36.7 Å². The van der Waals surface area contributed by atoms with Crippen LogP contribution in [0.3, 0.4) is 0 Å². The summed E-state index contributed by atoms with van der Waals surface area (Å²) >= 11 is 5.99. The van der Waals surface area contributed by atoms with Crippen LogP contribution in [0.2, 0.25) is 5.02 Å². The third-order valence-corrected chi connectivity index (χ3v) is 2.43. The van der Waals surface area contributed by atoms with Crippen LogP contribution in [-0.2, 0) is 11.3 Å². The molecule has 0 saturated carbocycles. The molecule has 1 aromatic carbocycles. The van der Waals surface area contributed by atoms with Gasteiger partial charge in [0.05, 0.1) is 13.2 Å². The van der Waals surface area contributed by atoms with Gasteiger partial charge in [0.1, 0.15) is 0 Å². The SMILES string of the molecule is CCCNCCOCc1ccccc1Cl. The topological polar surface area (TPSA) is 21.3 Å². The third kappa shape index (κ3) is 5.17. The summed E-state index contributed by atoms with van der Waals surface area (Å²) in [4.78, 5) is 0. The Kier molecular flexibility index (Phi) is 6.41. The van der Waals surface area contributed by atoms with E-state index in [4.69, 9.17) is 16.3 Å². The van der Waals surface area contributed by atoms with Crippen molar-refractivity contribution in [3.8, 4) is 0 Å². The predicted molar refractivity (Wildman–Crippen MR) is 64.3 cm³/mol. The summed E-state index contributed by atoms with van der Waals surface area (Å²) in [5.41, 5.74) is 1.05. The van der Waals surface area contributed by atoms with Crippen molar-refractivity contribution in [2.45, 2.75) is 20.0 Å². The fourth-order valence-corrected chi connectivity index (χ4v) is 1.43. The van der Waals surface area contributed by atoms with Crippen molar-refractivity contribution in [1.29, 1.82) is 0 Å². The van der Waals surface area contributed by atoms with E-state index in [1.165, 1.54) is 0 Å². The van der Waals surface area contributed by atoms with Gasteiger partial charge in [0, 0.05) is 11.6 Å². The van der Waals surface area contributed by atoms with Crippen LogP contribution in [0.25, 0.3) is 0 Å². The Morgan fingerprint density at radius 1 is 1.27 bits per heavy atom. The molecule has 1 rings (SSSR count).